The van der Waals surface area contributed by atoms with Crippen molar-refractivity contribution < 1.29 is 14.6 Å². The number of azo groups is 1. The summed E-state index contributed by atoms with van der Waals surface area (Å²) in [6.45, 7) is 3.88. The Balaban J connectivity index is 1.36. The van der Waals surface area contributed by atoms with Crippen LogP contribution in [0.15, 0.2) is 52.7 Å². The number of nitrogens with zero attached hydrogens (tertiary/aromatic N) is 3. The number of aromatic nitrogens is 1. The van der Waals surface area contributed by atoms with Gasteiger partial charge in [-0.25, -0.2) is 0 Å². The second-order valence-electron chi connectivity index (χ2n) is 7.65. The standard InChI is InChI=1S/C23H23N5O3/c29-22(7-8-28-9-11-31-12-10-28)24-15-5-6-19-17(13-15)18(23(30)25-19)14-21-16-3-1-2-4-20(16)26-27-21/h1-6,13-14,25,30H,7-12H2,(H,24,29)/b21-14+. The number of carbonyl (C=O) groups is 1. The highest BCUT2D eigenvalue weighted by atomic mass is 16.5. The van der Waals surface area contributed by atoms with E-state index in [2.05, 4.69) is 25.4 Å². The lowest BCUT2D eigenvalue weighted by atomic mass is 10.1. The van der Waals surface area contributed by atoms with Crippen LogP contribution in [0.5, 0.6) is 5.88 Å². The van der Waals surface area contributed by atoms with Gasteiger partial charge in [0.25, 0.3) is 0 Å². The van der Waals surface area contributed by atoms with Crippen molar-refractivity contribution >= 4 is 40.0 Å². The van der Waals surface area contributed by atoms with Gasteiger partial charge in [-0.2, -0.15) is 0 Å². The van der Waals surface area contributed by atoms with Crippen LogP contribution < -0.4 is 5.32 Å². The molecule has 158 valence electrons. The zero-order valence-corrected chi connectivity index (χ0v) is 17.0. The van der Waals surface area contributed by atoms with Crippen LogP contribution in [0.4, 0.5) is 11.4 Å². The number of hydrogen-bond donors (Lipinski definition) is 3. The van der Waals surface area contributed by atoms with Gasteiger partial charge in [-0.15, -0.1) is 10.2 Å². The number of fused-ring (bicyclic) bond motifs is 2. The summed E-state index contributed by atoms with van der Waals surface area (Å²) in [5, 5.41) is 22.7. The summed E-state index contributed by atoms with van der Waals surface area (Å²) in [5.74, 6) is 0.0156. The van der Waals surface area contributed by atoms with Gasteiger partial charge in [0.15, 0.2) is 5.88 Å². The normalized spacial score (nSPS) is 17.4. The Morgan fingerprint density at radius 1 is 1.19 bits per heavy atom. The van der Waals surface area contributed by atoms with Gasteiger partial charge in [-0.05, 0) is 30.3 Å². The first-order valence-electron chi connectivity index (χ1n) is 10.3. The molecular weight excluding hydrogens is 394 g/mol. The van der Waals surface area contributed by atoms with E-state index in [1.165, 1.54) is 0 Å². The first-order valence-corrected chi connectivity index (χ1v) is 10.3. The molecule has 0 bridgehead atoms. The number of ether oxygens (including phenoxy) is 1. The average Bonchev–Trinajstić information content (AvgIpc) is 3.34. The van der Waals surface area contributed by atoms with Crippen molar-refractivity contribution in [1.82, 2.24) is 9.88 Å². The first kappa shape index (κ1) is 19.5. The number of aromatic amines is 1. The molecule has 2 aliphatic rings. The number of aromatic hydroxyl groups is 1. The lowest BCUT2D eigenvalue weighted by Crippen LogP contribution is -2.38. The minimum atomic E-state index is -0.0379. The van der Waals surface area contributed by atoms with E-state index in [1.807, 2.05) is 48.5 Å². The predicted octanol–water partition coefficient (Wildman–Crippen LogP) is 4.13. The molecule has 0 spiro atoms. The maximum absolute atomic E-state index is 12.4. The molecule has 8 heteroatoms. The molecule has 0 aliphatic carbocycles. The molecule has 2 aromatic carbocycles. The van der Waals surface area contributed by atoms with Crippen molar-refractivity contribution in [2.75, 3.05) is 38.2 Å². The van der Waals surface area contributed by atoms with Crippen molar-refractivity contribution in [1.29, 1.82) is 0 Å². The predicted molar refractivity (Wildman–Crippen MR) is 119 cm³/mol. The van der Waals surface area contributed by atoms with Crippen LogP contribution in [0.1, 0.15) is 17.5 Å². The lowest BCUT2D eigenvalue weighted by molar-refractivity contribution is -0.116. The summed E-state index contributed by atoms with van der Waals surface area (Å²) in [5.41, 5.74) is 4.49. The molecule has 3 heterocycles. The number of amides is 1. The van der Waals surface area contributed by atoms with Gasteiger partial charge in [0, 0.05) is 53.8 Å². The molecule has 3 N–H and O–H groups in total. The summed E-state index contributed by atoms with van der Waals surface area (Å²) in [6, 6.07) is 13.2. The quantitative estimate of drug-likeness (QED) is 0.581. The van der Waals surface area contributed by atoms with Gasteiger partial charge >= 0.3 is 0 Å². The highest BCUT2D eigenvalue weighted by molar-refractivity contribution is 6.01. The van der Waals surface area contributed by atoms with E-state index in [1.54, 1.807) is 0 Å². The largest absolute Gasteiger partial charge is 0.494 e. The monoisotopic (exact) mass is 417 g/mol. The summed E-state index contributed by atoms with van der Waals surface area (Å²) < 4.78 is 5.34. The molecule has 1 fully saturated rings. The molecule has 31 heavy (non-hydrogen) atoms. The maximum Gasteiger partial charge on any atom is 0.225 e. The Morgan fingerprint density at radius 3 is 2.90 bits per heavy atom. The van der Waals surface area contributed by atoms with E-state index in [4.69, 9.17) is 4.74 Å². The van der Waals surface area contributed by atoms with E-state index in [0.29, 0.717) is 29.9 Å². The summed E-state index contributed by atoms with van der Waals surface area (Å²) in [4.78, 5) is 17.6. The zero-order chi connectivity index (χ0) is 21.2. The number of anilines is 1. The van der Waals surface area contributed by atoms with Gasteiger partial charge in [0.1, 0.15) is 0 Å². The third-order valence-electron chi connectivity index (χ3n) is 5.59. The van der Waals surface area contributed by atoms with E-state index < -0.39 is 0 Å². The highest BCUT2D eigenvalue weighted by Crippen LogP contribution is 2.38. The van der Waals surface area contributed by atoms with Crippen LogP contribution in [0.25, 0.3) is 22.7 Å². The Hall–Kier alpha value is -3.49. The third-order valence-corrected chi connectivity index (χ3v) is 5.59. The van der Waals surface area contributed by atoms with Crippen LogP contribution in [-0.4, -0.2) is 53.7 Å². The smallest absolute Gasteiger partial charge is 0.225 e. The summed E-state index contributed by atoms with van der Waals surface area (Å²) >= 11 is 0. The third kappa shape index (κ3) is 4.08. The molecular formula is C23H23N5O3. The maximum atomic E-state index is 12.4. The zero-order valence-electron chi connectivity index (χ0n) is 17.0. The second-order valence-corrected chi connectivity index (χ2v) is 7.65. The Morgan fingerprint density at radius 2 is 2.03 bits per heavy atom. The van der Waals surface area contributed by atoms with Crippen molar-refractivity contribution in [2.24, 2.45) is 10.2 Å². The molecule has 0 saturated carbocycles. The number of benzene rings is 2. The lowest BCUT2D eigenvalue weighted by Gasteiger charge is -2.26. The SMILES string of the molecule is O=C(CCN1CCOCC1)Nc1ccc2[nH]c(O)c(/C=C3/N=Nc4ccccc43)c2c1. The molecule has 1 saturated heterocycles. The fraction of sp³-hybridized carbons (Fsp3) is 0.261. The van der Waals surface area contributed by atoms with Crippen molar-refractivity contribution in [3.8, 4) is 5.88 Å². The van der Waals surface area contributed by atoms with Crippen LogP contribution in [0.2, 0.25) is 0 Å². The first-order chi connectivity index (χ1) is 15.2. The number of morpholine rings is 1. The molecule has 0 unspecified atom stereocenters. The van der Waals surface area contributed by atoms with Crippen LogP contribution in [0.3, 0.4) is 0 Å². The van der Waals surface area contributed by atoms with Gasteiger partial charge in [0.2, 0.25) is 5.91 Å². The number of nitrogens with one attached hydrogen (secondary N) is 2. The molecule has 8 nitrogen and oxygen atoms in total. The van der Waals surface area contributed by atoms with Crippen molar-refractivity contribution in [2.45, 2.75) is 6.42 Å². The van der Waals surface area contributed by atoms with Crippen molar-refractivity contribution in [3.63, 3.8) is 0 Å². The van der Waals surface area contributed by atoms with Crippen molar-refractivity contribution in [3.05, 3.63) is 53.6 Å². The second kappa shape index (κ2) is 8.33. The highest BCUT2D eigenvalue weighted by Gasteiger charge is 2.17. The molecule has 0 radical (unpaired) electrons. The molecule has 2 aliphatic heterocycles. The topological polar surface area (TPSA) is 102 Å². The molecule has 1 aromatic heterocycles. The number of H-pyrrole nitrogens is 1. The molecule has 5 rings (SSSR count). The number of carbonyl (C=O) groups excluding carboxylic acids is 1. The minimum absolute atomic E-state index is 0.0379. The van der Waals surface area contributed by atoms with Crippen LogP contribution in [-0.2, 0) is 9.53 Å². The summed E-state index contributed by atoms with van der Waals surface area (Å²) in [6.07, 6.45) is 2.23. The van der Waals surface area contributed by atoms with Gasteiger partial charge in [0.05, 0.1) is 24.6 Å². The van der Waals surface area contributed by atoms with E-state index in [-0.39, 0.29) is 11.8 Å². The Kier molecular flexibility index (Phi) is 5.23. The number of hydrogen-bond acceptors (Lipinski definition) is 6. The minimum Gasteiger partial charge on any atom is -0.494 e. The average molecular weight is 417 g/mol. The molecule has 0 atom stereocenters. The van der Waals surface area contributed by atoms with E-state index in [0.717, 1.165) is 48.5 Å². The van der Waals surface area contributed by atoms with Crippen LogP contribution >= 0.6 is 0 Å². The van der Waals surface area contributed by atoms with E-state index in [9.17, 15) is 9.90 Å². The van der Waals surface area contributed by atoms with Gasteiger partial charge in [-0.3, -0.25) is 9.69 Å². The Bertz CT molecular complexity index is 1190. The fourth-order valence-electron chi connectivity index (χ4n) is 3.91. The number of rotatable bonds is 5. The Labute approximate surface area is 179 Å². The van der Waals surface area contributed by atoms with Gasteiger partial charge < -0.3 is 20.1 Å². The van der Waals surface area contributed by atoms with Crippen LogP contribution in [0, 0.1) is 0 Å². The molecule has 3 aromatic rings. The van der Waals surface area contributed by atoms with E-state index >= 15 is 0 Å². The fourth-order valence-corrected chi connectivity index (χ4v) is 3.91. The molecule has 1 amide bonds. The van der Waals surface area contributed by atoms with Gasteiger partial charge in [-0.1, -0.05) is 18.2 Å². The summed E-state index contributed by atoms with van der Waals surface area (Å²) in [7, 11) is 0.